The zero-order valence-electron chi connectivity index (χ0n) is 76.1. The first-order chi connectivity index (χ1) is 61.2. The topological polar surface area (TPSA) is 323 Å². The van der Waals surface area contributed by atoms with Crippen LogP contribution in [0.1, 0.15) is 206 Å². The molecule has 0 N–H and O–H groups in total. The molecule has 18 aliphatic heterocycles. The SMILES string of the molecule is CCC12COP(=O)(OC1)OC2C(C)C.CCC1OP2(=O)OC(C)C1(Oc1ccccc1)C(C)O2.CCCCCCCOC12C(C)OP(=O)(OC1C)OC2C.CCCCCCCOC12COP(=O)(OC1C)OC2CC.Cc1cccc(-c2ccc(C(=O)C34COP(=O)(OC3)OC4)cc2)c1.O=P12OCC(OCC(c3ccccc3)(c3ccccc3)c3ccccc3)(CO1)CO2. The number of ketones is 1. The third-order valence-corrected chi connectivity index (χ3v) is 35.1. The molecule has 0 saturated carbocycles. The summed E-state index contributed by atoms with van der Waals surface area (Å²) < 4.78 is 193. The molecule has 35 heteroatoms. The van der Waals surface area contributed by atoms with Crippen LogP contribution in [0, 0.1) is 23.7 Å². The van der Waals surface area contributed by atoms with E-state index < -0.39 is 80.2 Å². The van der Waals surface area contributed by atoms with Crippen molar-refractivity contribution in [2.75, 3.05) is 79.3 Å². The maximum absolute atomic E-state index is 12.9. The van der Waals surface area contributed by atoms with Crippen LogP contribution in [0.5, 0.6) is 5.75 Å². The van der Waals surface area contributed by atoms with Gasteiger partial charge in [0, 0.05) is 24.2 Å². The van der Waals surface area contributed by atoms with Crippen LogP contribution in [-0.4, -0.2) is 162 Å². The number of carbonyl (C=O) groups excluding carboxylic acids is 1. The van der Waals surface area contributed by atoms with Gasteiger partial charge in [0.1, 0.15) is 76.8 Å². The molecule has 0 aliphatic carbocycles. The molecule has 29 nitrogen and oxygen atoms in total. The fourth-order valence-corrected chi connectivity index (χ4v) is 28.5. The third-order valence-electron chi connectivity index (χ3n) is 26.1. The van der Waals surface area contributed by atoms with Gasteiger partial charge < -0.3 is 18.9 Å². The van der Waals surface area contributed by atoms with Crippen LogP contribution in [0.25, 0.3) is 11.1 Å². The number of para-hydroxylation sites is 1. The van der Waals surface area contributed by atoms with Crippen LogP contribution in [0.3, 0.4) is 0 Å². The first-order valence-corrected chi connectivity index (χ1v) is 54.0. The number of benzene rings is 6. The third kappa shape index (κ3) is 22.0. The van der Waals surface area contributed by atoms with E-state index in [4.69, 9.17) is 100 Å². The maximum atomic E-state index is 12.9. The predicted octanol–water partition coefficient (Wildman–Crippen LogP) is 23.2. The summed E-state index contributed by atoms with van der Waals surface area (Å²) in [7, 11) is -20.1. The standard InChI is InChI=1S/C24H23O5P.C18H17O5P.C14H19O5P.2C14H27O5P.C9H17O4P/c25-30-27-16-23(17-28-30,18-29-30)26-19-24(20-10-4-1-5-11-20,21-12-6-2-7-13-21)22-14-8-3-9-15-22;1-13-3-2-4-16(9-13)14-5-7-15(8-6-14)17(19)18-10-21-24(20,22-11-18)23-12-18;1-4-13-14(16-12-8-6-5-7-9-12)10(2)17-20(15,19-13)18-11(14)3;1-5-6-7-8-9-10-16-14-11(2)17-20(15,18-12(14)3)19-13(14)4;1-4-6-7-8-9-10-16-14-11-17-20(15,18-12(14)3)19-13(14)5-2;1-4-9-5-11-14(10,12-6-9)13-8(9)7(2)3/h1-15H,16-19H2;2-9H,10-12H2,1H3;5-11,13H,4H2,1-3H3;11-13H,5-10H2,1-4H3;12-13H,4-11H2,1-3H3;7-8H,4-6H2,1-3H3. The second kappa shape index (κ2) is 42.7. The minimum absolute atomic E-state index is 0.000772. The fraction of sp³-hybridized carbons (Fsp3) is 0.602. The quantitative estimate of drug-likeness (QED) is 0.0182. The number of rotatable bonds is 29. The Morgan fingerprint density at radius 3 is 1.27 bits per heavy atom. The summed E-state index contributed by atoms with van der Waals surface area (Å²) in [4.78, 5) is 12.9. The number of ether oxygens (including phenoxy) is 4. The van der Waals surface area contributed by atoms with Crippen molar-refractivity contribution in [3.63, 3.8) is 0 Å². The van der Waals surface area contributed by atoms with Gasteiger partial charge in [-0.25, -0.2) is 27.4 Å². The largest absolute Gasteiger partial charge is 0.479 e. The van der Waals surface area contributed by atoms with E-state index in [1.807, 2.05) is 178 Å². The van der Waals surface area contributed by atoms with Crippen molar-refractivity contribution in [1.29, 1.82) is 0 Å². The Bertz CT molecular complexity index is 4690. The zero-order valence-corrected chi connectivity index (χ0v) is 81.5. The van der Waals surface area contributed by atoms with Crippen LogP contribution in [0.15, 0.2) is 170 Å². The van der Waals surface area contributed by atoms with Crippen molar-refractivity contribution < 1.29 is 133 Å². The lowest BCUT2D eigenvalue weighted by Crippen LogP contribution is -2.69. The van der Waals surface area contributed by atoms with Crippen molar-refractivity contribution in [3.05, 3.63) is 198 Å². The van der Waals surface area contributed by atoms with Gasteiger partial charge >= 0.3 is 46.9 Å². The average molecular weight is 1900 g/mol. The monoisotopic (exact) mass is 1900 g/mol. The molecule has 128 heavy (non-hydrogen) atoms. The van der Waals surface area contributed by atoms with Gasteiger partial charge in [-0.3, -0.25) is 86.2 Å². The lowest BCUT2D eigenvalue weighted by molar-refractivity contribution is -0.266. The molecule has 18 aliphatic rings. The number of unbranched alkanes of at least 4 members (excludes halogenated alkanes) is 8. The molecule has 0 radical (unpaired) electrons. The summed E-state index contributed by atoms with van der Waals surface area (Å²) in [6.07, 6.45) is 11.9. The highest BCUT2D eigenvalue weighted by Crippen LogP contribution is 2.69. The number of Topliss-reactive ketones (excluding diaryl/α,β-unsaturated/α-hetero) is 1. The Hall–Kier alpha value is -4.67. The summed E-state index contributed by atoms with van der Waals surface area (Å²) in [6, 6.07) is 56.2. The highest BCUT2D eigenvalue weighted by molar-refractivity contribution is 7.50. The molecule has 6 aromatic carbocycles. The molecule has 0 aromatic heterocycles. The van der Waals surface area contributed by atoms with Crippen molar-refractivity contribution in [2.24, 2.45) is 16.7 Å². The molecule has 6 aromatic rings. The van der Waals surface area contributed by atoms with Gasteiger partial charge in [0.15, 0.2) is 11.4 Å². The first-order valence-electron chi connectivity index (χ1n) is 45.3. The van der Waals surface area contributed by atoms with E-state index in [-0.39, 0.29) is 106 Å². The van der Waals surface area contributed by atoms with Crippen molar-refractivity contribution in [1.82, 2.24) is 0 Å². The molecular weight excluding hydrogens is 1770 g/mol. The van der Waals surface area contributed by atoms with Gasteiger partial charge in [-0.1, -0.05) is 263 Å². The number of phosphoric acid groups is 6. The van der Waals surface area contributed by atoms with E-state index in [9.17, 15) is 32.2 Å². The minimum Gasteiger partial charge on any atom is -0.479 e. The Morgan fingerprint density at radius 2 is 0.820 bits per heavy atom. The number of hydrogen-bond acceptors (Lipinski definition) is 29. The van der Waals surface area contributed by atoms with E-state index in [0.29, 0.717) is 57.5 Å². The summed E-state index contributed by atoms with van der Waals surface area (Å²) in [5, 5.41) is 0. The summed E-state index contributed by atoms with van der Waals surface area (Å²) in [5.41, 5.74) is 2.91. The van der Waals surface area contributed by atoms with Gasteiger partial charge in [0.25, 0.3) is 0 Å². The molecule has 12 bridgehead atoms. The molecule has 11 unspecified atom stereocenters. The van der Waals surface area contributed by atoms with Crippen LogP contribution in [0.4, 0.5) is 0 Å². The first kappa shape index (κ1) is 101. The Kier molecular flexibility index (Phi) is 33.6. The molecule has 24 rings (SSSR count). The second-order valence-corrected chi connectivity index (χ2v) is 44.8. The van der Waals surface area contributed by atoms with Gasteiger partial charge in [-0.05, 0) is 126 Å². The van der Waals surface area contributed by atoms with Gasteiger partial charge in [-0.2, -0.15) is 0 Å². The lowest BCUT2D eigenvalue weighted by Gasteiger charge is -2.55. The second-order valence-electron chi connectivity index (χ2n) is 35.3. The van der Waals surface area contributed by atoms with Crippen LogP contribution < -0.4 is 4.74 Å². The Labute approximate surface area is 754 Å². The normalized spacial score (nSPS) is 36.5. The fourth-order valence-electron chi connectivity index (χ4n) is 18.5. The Balaban J connectivity index is 0.000000133. The number of aryl methyl sites for hydroxylation is 1. The lowest BCUT2D eigenvalue weighted by atomic mass is 9.70. The highest BCUT2D eigenvalue weighted by Gasteiger charge is 2.68. The molecule has 11 atom stereocenters. The molecule has 18 fully saturated rings. The van der Waals surface area contributed by atoms with E-state index >= 15 is 0 Å². The molecule has 18 heterocycles. The van der Waals surface area contributed by atoms with Gasteiger partial charge in [-0.15, -0.1) is 0 Å². The number of phosphoric ester groups is 6. The number of hydrogen-bond donors (Lipinski definition) is 0. The molecule has 706 valence electrons. The molecule has 18 saturated heterocycles. The van der Waals surface area contributed by atoms with Crippen LogP contribution in [-0.2, 0) is 128 Å². The van der Waals surface area contributed by atoms with Crippen molar-refractivity contribution >= 4 is 52.7 Å². The smallest absolute Gasteiger partial charge is 0.476 e. The van der Waals surface area contributed by atoms with Gasteiger partial charge in [0.05, 0.1) is 77.6 Å². The Morgan fingerprint density at radius 1 is 0.398 bits per heavy atom. The van der Waals surface area contributed by atoms with Gasteiger partial charge in [0.2, 0.25) is 0 Å². The zero-order chi connectivity index (χ0) is 91.5. The number of fused-ring (bicyclic) bond motifs is 18. The van der Waals surface area contributed by atoms with Crippen LogP contribution in [0.2, 0.25) is 0 Å². The number of carbonyl (C=O) groups is 1. The van der Waals surface area contributed by atoms with E-state index in [2.05, 4.69) is 77.1 Å². The molecule has 0 spiro atoms. The minimum atomic E-state index is -3.44. The summed E-state index contributed by atoms with van der Waals surface area (Å²) >= 11 is 0. The molecule has 0 amide bonds. The predicted molar refractivity (Wildman–Crippen MR) is 481 cm³/mol. The van der Waals surface area contributed by atoms with E-state index in [1.165, 1.54) is 56.9 Å². The summed E-state index contributed by atoms with van der Waals surface area (Å²) in [6.45, 7) is 31.8. The van der Waals surface area contributed by atoms with Crippen molar-refractivity contribution in [2.45, 2.75) is 263 Å². The van der Waals surface area contributed by atoms with Crippen LogP contribution >= 0.6 is 46.9 Å². The van der Waals surface area contributed by atoms with E-state index in [0.717, 1.165) is 59.3 Å². The average Bonchev–Trinajstić information content (AvgIpc) is 0.721. The van der Waals surface area contributed by atoms with E-state index in [1.54, 1.807) is 12.1 Å². The summed E-state index contributed by atoms with van der Waals surface area (Å²) in [5.74, 6) is 0.958. The molecular formula is C93H130O29P6. The highest BCUT2D eigenvalue weighted by atomic mass is 31.2. The van der Waals surface area contributed by atoms with Crippen molar-refractivity contribution in [3.8, 4) is 16.9 Å². The maximum Gasteiger partial charge on any atom is 0.476 e.